The van der Waals surface area contributed by atoms with Gasteiger partial charge in [-0.15, -0.1) is 0 Å². The molecule has 2 aromatic carbocycles. The van der Waals surface area contributed by atoms with Crippen LogP contribution in [0.5, 0.6) is 5.75 Å². The van der Waals surface area contributed by atoms with Crippen molar-refractivity contribution in [2.24, 2.45) is 5.14 Å². The van der Waals surface area contributed by atoms with Crippen molar-refractivity contribution < 1.29 is 18.3 Å². The van der Waals surface area contributed by atoms with E-state index < -0.39 is 15.9 Å². The summed E-state index contributed by atoms with van der Waals surface area (Å²) in [4.78, 5) is 12.1. The van der Waals surface area contributed by atoms with Crippen molar-refractivity contribution in [2.75, 3.05) is 13.1 Å². The van der Waals surface area contributed by atoms with Crippen molar-refractivity contribution in [2.45, 2.75) is 17.7 Å². The molecule has 0 aliphatic heterocycles. The molecule has 8 nitrogen and oxygen atoms in total. The number of benzene rings is 2. The van der Waals surface area contributed by atoms with E-state index >= 15 is 0 Å². The van der Waals surface area contributed by atoms with E-state index in [1.807, 2.05) is 6.07 Å². The maximum Gasteiger partial charge on any atom is 0.263 e. The topological polar surface area (TPSA) is 145 Å². The Balaban J connectivity index is 1.77. The third-order valence-corrected chi connectivity index (χ3v) is 4.99. The molecule has 1 amide bonds. The molecule has 5 N–H and O–H groups in total. The van der Waals surface area contributed by atoms with E-state index in [0.29, 0.717) is 25.9 Å². The van der Waals surface area contributed by atoms with Crippen LogP contribution in [0, 0.1) is 11.3 Å². The molecule has 152 valence electrons. The van der Waals surface area contributed by atoms with Gasteiger partial charge in [-0.2, -0.15) is 5.26 Å². The second kappa shape index (κ2) is 10.3. The molecule has 2 rings (SSSR count). The first-order chi connectivity index (χ1) is 13.8. The number of hydrogen-bond acceptors (Lipinski definition) is 6. The molecule has 0 aliphatic rings. The number of sulfonamides is 1. The van der Waals surface area contributed by atoms with Gasteiger partial charge in [0.2, 0.25) is 10.0 Å². The number of nitriles is 1. The highest BCUT2D eigenvalue weighted by atomic mass is 32.2. The van der Waals surface area contributed by atoms with E-state index in [9.17, 15) is 18.3 Å². The molecule has 0 saturated heterocycles. The molecule has 0 bridgehead atoms. The Morgan fingerprint density at radius 2 is 1.59 bits per heavy atom. The van der Waals surface area contributed by atoms with Crippen LogP contribution in [0.25, 0.3) is 0 Å². The third-order valence-electron chi connectivity index (χ3n) is 4.06. The molecular formula is C20H22N4O4S. The van der Waals surface area contributed by atoms with Crippen LogP contribution in [0.3, 0.4) is 0 Å². The first-order valence-electron chi connectivity index (χ1n) is 8.81. The van der Waals surface area contributed by atoms with Crippen LogP contribution in [-0.2, 0) is 27.7 Å². The Morgan fingerprint density at radius 1 is 1.03 bits per heavy atom. The van der Waals surface area contributed by atoms with Crippen LogP contribution in [0.1, 0.15) is 11.1 Å². The normalized spacial score (nSPS) is 11.5. The second-order valence-corrected chi connectivity index (χ2v) is 7.80. The summed E-state index contributed by atoms with van der Waals surface area (Å²) in [5.41, 5.74) is 1.80. The molecule has 0 radical (unpaired) electrons. The van der Waals surface area contributed by atoms with E-state index in [1.54, 1.807) is 36.4 Å². The number of primary sulfonamides is 1. The second-order valence-electron chi connectivity index (χ2n) is 6.24. The van der Waals surface area contributed by atoms with E-state index in [-0.39, 0.29) is 16.2 Å². The summed E-state index contributed by atoms with van der Waals surface area (Å²) in [5.74, 6) is -0.296. The molecule has 0 saturated carbocycles. The average molecular weight is 414 g/mol. The molecule has 0 unspecified atom stereocenters. The molecule has 2 aromatic rings. The summed E-state index contributed by atoms with van der Waals surface area (Å²) in [6.07, 6.45) is 2.50. The van der Waals surface area contributed by atoms with Gasteiger partial charge in [0.05, 0.1) is 4.90 Å². The van der Waals surface area contributed by atoms with Gasteiger partial charge in [0.15, 0.2) is 0 Å². The lowest BCUT2D eigenvalue weighted by atomic mass is 10.1. The zero-order chi connectivity index (χ0) is 21.3. The lowest BCUT2D eigenvalue weighted by molar-refractivity contribution is -0.117. The monoisotopic (exact) mass is 414 g/mol. The standard InChI is InChI=1S/C20H22N4O4S/c21-13-17(20(26)24-12-10-15-1-5-18(25)6-2-15)14-23-11-9-16-3-7-19(8-4-16)29(22,27)28/h1-8,14,23,25H,9-12H2,(H,24,26)(H2,22,27,28)/b17-14-. The zero-order valence-electron chi connectivity index (χ0n) is 15.6. The van der Waals surface area contributed by atoms with E-state index in [4.69, 9.17) is 10.4 Å². The van der Waals surface area contributed by atoms with Crippen LogP contribution >= 0.6 is 0 Å². The number of rotatable bonds is 9. The fraction of sp³-hybridized carbons (Fsp3) is 0.200. The molecule has 0 heterocycles. The predicted molar refractivity (Wildman–Crippen MR) is 108 cm³/mol. The van der Waals surface area contributed by atoms with Gasteiger partial charge >= 0.3 is 0 Å². The first kappa shape index (κ1) is 21.9. The van der Waals surface area contributed by atoms with E-state index in [2.05, 4.69) is 10.6 Å². The smallest absolute Gasteiger partial charge is 0.263 e. The molecule has 0 aromatic heterocycles. The number of phenols is 1. The fourth-order valence-corrected chi connectivity index (χ4v) is 2.98. The van der Waals surface area contributed by atoms with Gasteiger partial charge in [0.25, 0.3) is 5.91 Å². The van der Waals surface area contributed by atoms with Crippen molar-refractivity contribution in [3.05, 3.63) is 71.4 Å². The summed E-state index contributed by atoms with van der Waals surface area (Å²) >= 11 is 0. The molecule has 0 spiro atoms. The van der Waals surface area contributed by atoms with Gasteiger partial charge in [-0.3, -0.25) is 4.79 Å². The minimum absolute atomic E-state index is 0.0414. The van der Waals surface area contributed by atoms with Crippen molar-refractivity contribution in [1.29, 1.82) is 5.26 Å². The minimum Gasteiger partial charge on any atom is -0.508 e. The third kappa shape index (κ3) is 7.29. The summed E-state index contributed by atoms with van der Waals surface area (Å²) in [7, 11) is -3.71. The summed E-state index contributed by atoms with van der Waals surface area (Å²) in [6, 6.07) is 14.7. The summed E-state index contributed by atoms with van der Waals surface area (Å²) in [5, 5.41) is 29.0. The SMILES string of the molecule is N#C/C(=C/NCCc1ccc(S(N)(=O)=O)cc1)C(=O)NCCc1ccc(O)cc1. The molecule has 0 fully saturated rings. The lowest BCUT2D eigenvalue weighted by Crippen LogP contribution is -2.27. The summed E-state index contributed by atoms with van der Waals surface area (Å²) < 4.78 is 22.4. The predicted octanol–water partition coefficient (Wildman–Crippen LogP) is 0.938. The minimum atomic E-state index is -3.71. The molecule has 0 atom stereocenters. The van der Waals surface area contributed by atoms with Gasteiger partial charge in [-0.05, 0) is 48.2 Å². The quantitative estimate of drug-likeness (QED) is 0.273. The average Bonchev–Trinajstić information content (AvgIpc) is 2.69. The molecular weight excluding hydrogens is 392 g/mol. The number of hydrogen-bond donors (Lipinski definition) is 4. The first-order valence-corrected chi connectivity index (χ1v) is 10.4. The maximum absolute atomic E-state index is 12.1. The number of carbonyl (C=O) groups excluding carboxylic acids is 1. The van der Waals surface area contributed by atoms with Crippen LogP contribution in [0.2, 0.25) is 0 Å². The molecule has 9 heteroatoms. The van der Waals surface area contributed by atoms with Gasteiger partial charge in [-0.1, -0.05) is 24.3 Å². The Kier molecular flexibility index (Phi) is 7.77. The number of nitrogens with two attached hydrogens (primary N) is 1. The van der Waals surface area contributed by atoms with Gasteiger partial charge in [-0.25, -0.2) is 13.6 Å². The van der Waals surface area contributed by atoms with Crippen LogP contribution in [0.15, 0.2) is 65.2 Å². The molecule has 29 heavy (non-hydrogen) atoms. The Labute approximate surface area is 169 Å². The van der Waals surface area contributed by atoms with Gasteiger partial charge in [0.1, 0.15) is 17.4 Å². The number of nitrogens with zero attached hydrogens (tertiary/aromatic N) is 1. The number of aromatic hydroxyl groups is 1. The van der Waals surface area contributed by atoms with Crippen molar-refractivity contribution in [3.8, 4) is 11.8 Å². The lowest BCUT2D eigenvalue weighted by Gasteiger charge is -2.06. The Morgan fingerprint density at radius 3 is 2.14 bits per heavy atom. The van der Waals surface area contributed by atoms with E-state index in [1.165, 1.54) is 18.3 Å². The van der Waals surface area contributed by atoms with Crippen LogP contribution < -0.4 is 15.8 Å². The van der Waals surface area contributed by atoms with Crippen molar-refractivity contribution in [1.82, 2.24) is 10.6 Å². The number of carbonyl (C=O) groups is 1. The Bertz CT molecular complexity index is 1010. The number of nitrogens with one attached hydrogen (secondary N) is 2. The van der Waals surface area contributed by atoms with Crippen molar-refractivity contribution in [3.63, 3.8) is 0 Å². The largest absolute Gasteiger partial charge is 0.508 e. The number of amides is 1. The number of phenolic OH excluding ortho intramolecular Hbond substituents is 1. The van der Waals surface area contributed by atoms with Gasteiger partial charge in [0, 0.05) is 19.3 Å². The maximum atomic E-state index is 12.1. The van der Waals surface area contributed by atoms with Gasteiger partial charge < -0.3 is 15.7 Å². The highest BCUT2D eigenvalue weighted by Crippen LogP contribution is 2.10. The highest BCUT2D eigenvalue weighted by molar-refractivity contribution is 7.89. The summed E-state index contributed by atoms with van der Waals surface area (Å²) in [6.45, 7) is 0.819. The van der Waals surface area contributed by atoms with E-state index in [0.717, 1.165) is 11.1 Å². The fourth-order valence-electron chi connectivity index (χ4n) is 2.46. The van der Waals surface area contributed by atoms with Crippen molar-refractivity contribution >= 4 is 15.9 Å². The zero-order valence-corrected chi connectivity index (χ0v) is 16.4. The van der Waals surface area contributed by atoms with Crippen LogP contribution in [-0.4, -0.2) is 32.5 Å². The Hall–Kier alpha value is -3.35. The highest BCUT2D eigenvalue weighted by Gasteiger charge is 2.08. The van der Waals surface area contributed by atoms with Crippen LogP contribution in [0.4, 0.5) is 0 Å². The molecule has 0 aliphatic carbocycles.